The van der Waals surface area contributed by atoms with Crippen molar-refractivity contribution in [2.75, 3.05) is 7.11 Å². The molecule has 0 amide bonds. The molecule has 1 saturated carbocycles. The van der Waals surface area contributed by atoms with Gasteiger partial charge in [0.15, 0.2) is 34.5 Å². The van der Waals surface area contributed by atoms with Gasteiger partial charge < -0.3 is 12.9 Å². The van der Waals surface area contributed by atoms with Crippen LogP contribution >= 0.6 is 23.0 Å². The normalized spacial score (nSPS) is 16.6. The van der Waals surface area contributed by atoms with Crippen molar-refractivity contribution in [3.63, 3.8) is 0 Å². The summed E-state index contributed by atoms with van der Waals surface area (Å²) in [5, 5.41) is 9.17. The van der Waals surface area contributed by atoms with E-state index in [1.165, 1.54) is 0 Å². The summed E-state index contributed by atoms with van der Waals surface area (Å²) in [5.74, 6) is 0.408. The van der Waals surface area contributed by atoms with E-state index in [1.807, 2.05) is 0 Å². The van der Waals surface area contributed by atoms with Crippen LogP contribution in [0.4, 0.5) is 0 Å². The Bertz CT molecular complexity index is 426. The second-order valence-electron chi connectivity index (χ2n) is 3.83. The van der Waals surface area contributed by atoms with Crippen molar-refractivity contribution >= 4 is 29.0 Å². The summed E-state index contributed by atoms with van der Waals surface area (Å²) in [6.45, 7) is 0. The largest absolute Gasteiger partial charge is 0.493 e. The van der Waals surface area contributed by atoms with Crippen LogP contribution in [0.15, 0.2) is 18.2 Å². The summed E-state index contributed by atoms with van der Waals surface area (Å²) >= 11 is 1.77. The van der Waals surface area contributed by atoms with Gasteiger partial charge >= 0.3 is 5.97 Å². The van der Waals surface area contributed by atoms with Crippen LogP contribution in [0.2, 0.25) is 0 Å². The lowest BCUT2D eigenvalue weighted by molar-refractivity contribution is -0.140. The van der Waals surface area contributed by atoms with Crippen molar-refractivity contribution in [3.8, 4) is 11.5 Å². The molecule has 16 heavy (non-hydrogen) atoms. The molecule has 2 rings (SSSR count). The number of benzene rings is 1. The van der Waals surface area contributed by atoms with Gasteiger partial charge in [0.05, 0.1) is 12.5 Å². The number of halogens is 1. The van der Waals surface area contributed by atoms with Gasteiger partial charge in [-0.15, -0.1) is 0 Å². The SMILES string of the molecule is COc1cc(C2(C(=O)O)CC2)ccc1OI. The second kappa shape index (κ2) is 4.12. The number of rotatable bonds is 4. The molecule has 0 aliphatic heterocycles. The van der Waals surface area contributed by atoms with Gasteiger partial charge in [-0.1, -0.05) is 6.07 Å². The molecule has 0 heterocycles. The quantitative estimate of drug-likeness (QED) is 0.860. The number of ether oxygens (including phenoxy) is 1. The number of hydrogen-bond donors (Lipinski definition) is 1. The van der Waals surface area contributed by atoms with Crippen LogP contribution in [0.25, 0.3) is 0 Å². The molecule has 1 aliphatic rings. The average molecular weight is 334 g/mol. The zero-order chi connectivity index (χ0) is 11.8. The van der Waals surface area contributed by atoms with Crippen molar-refractivity contribution < 1.29 is 17.7 Å². The van der Waals surface area contributed by atoms with Crippen molar-refractivity contribution in [1.29, 1.82) is 0 Å². The van der Waals surface area contributed by atoms with E-state index in [4.69, 9.17) is 7.80 Å². The lowest BCUT2D eigenvalue weighted by Crippen LogP contribution is -2.19. The average Bonchev–Trinajstić information content (AvgIpc) is 3.09. The lowest BCUT2D eigenvalue weighted by Gasteiger charge is -2.13. The molecule has 0 radical (unpaired) electrons. The van der Waals surface area contributed by atoms with Gasteiger partial charge in [-0.05, 0) is 30.5 Å². The van der Waals surface area contributed by atoms with Crippen LogP contribution in [0.5, 0.6) is 11.5 Å². The zero-order valence-electron chi connectivity index (χ0n) is 8.70. The van der Waals surface area contributed by atoms with Crippen LogP contribution in [0.1, 0.15) is 18.4 Å². The number of carbonyl (C=O) groups is 1. The Kier molecular flexibility index (Phi) is 2.96. The summed E-state index contributed by atoms with van der Waals surface area (Å²) in [5.41, 5.74) is 0.0888. The van der Waals surface area contributed by atoms with E-state index in [2.05, 4.69) is 0 Å². The van der Waals surface area contributed by atoms with Crippen LogP contribution in [0.3, 0.4) is 0 Å². The van der Waals surface area contributed by atoms with Gasteiger partial charge in [0.25, 0.3) is 0 Å². The zero-order valence-corrected chi connectivity index (χ0v) is 10.9. The predicted octanol–water partition coefficient (Wildman–Crippen LogP) is 2.54. The molecular formula is C11H11IO4. The Labute approximate surface area is 107 Å². The van der Waals surface area contributed by atoms with E-state index in [-0.39, 0.29) is 0 Å². The number of aliphatic carboxylic acids is 1. The van der Waals surface area contributed by atoms with E-state index >= 15 is 0 Å². The summed E-state index contributed by atoms with van der Waals surface area (Å²) in [4.78, 5) is 11.2. The maximum absolute atomic E-state index is 11.2. The highest BCUT2D eigenvalue weighted by Crippen LogP contribution is 2.50. The third kappa shape index (κ3) is 1.73. The maximum atomic E-state index is 11.2. The molecule has 0 aromatic heterocycles. The molecule has 0 spiro atoms. The van der Waals surface area contributed by atoms with Gasteiger partial charge in [0, 0.05) is 0 Å². The van der Waals surface area contributed by atoms with Crippen molar-refractivity contribution in [2.45, 2.75) is 18.3 Å². The second-order valence-corrected chi connectivity index (χ2v) is 4.27. The molecule has 0 unspecified atom stereocenters. The first-order chi connectivity index (χ1) is 7.64. The fraction of sp³-hybridized carbons (Fsp3) is 0.364. The Hall–Kier alpha value is -0.980. The van der Waals surface area contributed by atoms with Gasteiger partial charge in [-0.3, -0.25) is 4.79 Å². The smallest absolute Gasteiger partial charge is 0.314 e. The van der Waals surface area contributed by atoms with E-state index in [0.29, 0.717) is 24.3 Å². The summed E-state index contributed by atoms with van der Waals surface area (Å²) < 4.78 is 10.2. The summed E-state index contributed by atoms with van der Waals surface area (Å²) in [6, 6.07) is 5.27. The fourth-order valence-electron chi connectivity index (χ4n) is 1.78. The third-order valence-electron chi connectivity index (χ3n) is 2.96. The van der Waals surface area contributed by atoms with Crippen molar-refractivity contribution in [3.05, 3.63) is 23.8 Å². The molecule has 1 N–H and O–H groups in total. The number of methoxy groups -OCH3 is 1. The Morgan fingerprint density at radius 2 is 2.12 bits per heavy atom. The van der Waals surface area contributed by atoms with E-state index in [9.17, 15) is 9.90 Å². The monoisotopic (exact) mass is 334 g/mol. The molecule has 5 heteroatoms. The van der Waals surface area contributed by atoms with Crippen LogP contribution in [-0.4, -0.2) is 18.2 Å². The van der Waals surface area contributed by atoms with E-state index in [1.54, 1.807) is 48.3 Å². The number of hydrogen-bond acceptors (Lipinski definition) is 3. The minimum absolute atomic E-state index is 0.569. The highest BCUT2D eigenvalue weighted by Gasteiger charge is 2.51. The number of carboxylic acids is 1. The van der Waals surface area contributed by atoms with Crippen LogP contribution < -0.4 is 7.80 Å². The Balaban J connectivity index is 2.40. The Morgan fingerprint density at radius 1 is 1.44 bits per heavy atom. The third-order valence-corrected chi connectivity index (χ3v) is 3.43. The molecule has 0 bridgehead atoms. The van der Waals surface area contributed by atoms with E-state index in [0.717, 1.165) is 5.56 Å². The van der Waals surface area contributed by atoms with E-state index < -0.39 is 11.4 Å². The lowest BCUT2D eigenvalue weighted by atomic mass is 9.96. The molecule has 1 aliphatic carbocycles. The van der Waals surface area contributed by atoms with Gasteiger partial charge in [-0.2, -0.15) is 0 Å². The fourth-order valence-corrected chi connectivity index (χ4v) is 2.14. The van der Waals surface area contributed by atoms with Crippen LogP contribution in [-0.2, 0) is 10.2 Å². The first-order valence-electron chi connectivity index (χ1n) is 4.84. The van der Waals surface area contributed by atoms with Gasteiger partial charge in [0.2, 0.25) is 0 Å². The predicted molar refractivity (Wildman–Crippen MR) is 66.2 cm³/mol. The topological polar surface area (TPSA) is 55.8 Å². The molecule has 0 atom stereocenters. The number of carboxylic acid groups (broad SMARTS) is 1. The van der Waals surface area contributed by atoms with Gasteiger partial charge in [-0.25, -0.2) is 0 Å². The first-order valence-corrected chi connectivity index (χ1v) is 5.72. The van der Waals surface area contributed by atoms with Crippen LogP contribution in [0, 0.1) is 0 Å². The minimum Gasteiger partial charge on any atom is -0.493 e. The molecule has 86 valence electrons. The highest BCUT2D eigenvalue weighted by molar-refractivity contribution is 14.1. The molecule has 4 nitrogen and oxygen atoms in total. The molecular weight excluding hydrogens is 323 g/mol. The Morgan fingerprint density at radius 3 is 2.56 bits per heavy atom. The highest BCUT2D eigenvalue weighted by atomic mass is 127. The van der Waals surface area contributed by atoms with Crippen molar-refractivity contribution in [2.24, 2.45) is 0 Å². The van der Waals surface area contributed by atoms with Gasteiger partial charge in [0.1, 0.15) is 0 Å². The van der Waals surface area contributed by atoms with Crippen molar-refractivity contribution in [1.82, 2.24) is 0 Å². The summed E-state index contributed by atoms with van der Waals surface area (Å²) in [6.07, 6.45) is 1.38. The minimum atomic E-state index is -0.766. The standard InChI is InChI=1S/C11H11IO4/c1-15-9-6-7(2-3-8(9)16-12)11(4-5-11)10(13)14/h2-3,6H,4-5H2,1H3,(H,13,14). The summed E-state index contributed by atoms with van der Waals surface area (Å²) in [7, 11) is 1.54. The molecule has 0 saturated heterocycles. The molecule has 1 aromatic rings. The first kappa shape index (κ1) is 11.5. The molecule has 1 aromatic carbocycles. The molecule has 1 fully saturated rings. The maximum Gasteiger partial charge on any atom is 0.314 e.